The summed E-state index contributed by atoms with van der Waals surface area (Å²) in [6, 6.07) is 4.89. The Bertz CT molecular complexity index is 361. The first-order valence-electron chi connectivity index (χ1n) is 6.26. The van der Waals surface area contributed by atoms with Crippen molar-refractivity contribution in [2.75, 3.05) is 18.0 Å². The summed E-state index contributed by atoms with van der Waals surface area (Å²) >= 11 is 0. The van der Waals surface area contributed by atoms with Gasteiger partial charge >= 0.3 is 0 Å². The predicted octanol–water partition coefficient (Wildman–Crippen LogP) is 3.33. The van der Waals surface area contributed by atoms with Gasteiger partial charge < -0.3 is 10.6 Å². The number of rotatable bonds is 5. The molecule has 0 amide bonds. The molecule has 0 aliphatic heterocycles. The maximum Gasteiger partial charge on any atom is 0.130 e. The first-order valence-corrected chi connectivity index (χ1v) is 6.26. The Balaban J connectivity index is 3.14. The van der Waals surface area contributed by atoms with Gasteiger partial charge in [0.1, 0.15) is 5.82 Å². The highest BCUT2D eigenvalue weighted by molar-refractivity contribution is 5.55. The van der Waals surface area contributed by atoms with Crippen LogP contribution in [0.4, 0.5) is 10.1 Å². The van der Waals surface area contributed by atoms with Crippen molar-refractivity contribution >= 4 is 5.69 Å². The van der Waals surface area contributed by atoms with E-state index in [1.165, 1.54) is 6.07 Å². The van der Waals surface area contributed by atoms with E-state index in [1.54, 1.807) is 6.07 Å². The van der Waals surface area contributed by atoms with Crippen LogP contribution in [0.2, 0.25) is 0 Å². The lowest BCUT2D eigenvalue weighted by Crippen LogP contribution is -2.29. The summed E-state index contributed by atoms with van der Waals surface area (Å²) < 4.78 is 13.8. The highest BCUT2D eigenvalue weighted by Crippen LogP contribution is 2.28. The zero-order valence-electron chi connectivity index (χ0n) is 11.2. The molecule has 1 rings (SSSR count). The Morgan fingerprint density at radius 3 is 2.41 bits per heavy atom. The lowest BCUT2D eigenvalue weighted by molar-refractivity contribution is 0.582. The number of halogens is 1. The normalized spacial score (nSPS) is 12.9. The zero-order chi connectivity index (χ0) is 13.0. The van der Waals surface area contributed by atoms with E-state index >= 15 is 0 Å². The van der Waals surface area contributed by atoms with Crippen LogP contribution in [0.25, 0.3) is 0 Å². The van der Waals surface area contributed by atoms with Gasteiger partial charge in [-0.05, 0) is 31.9 Å². The fourth-order valence-corrected chi connectivity index (χ4v) is 2.09. The second-order valence-corrected chi connectivity index (χ2v) is 4.89. The van der Waals surface area contributed by atoms with Crippen molar-refractivity contribution in [1.29, 1.82) is 0 Å². The van der Waals surface area contributed by atoms with E-state index in [4.69, 9.17) is 5.73 Å². The van der Waals surface area contributed by atoms with Gasteiger partial charge in [-0.1, -0.05) is 19.9 Å². The molecule has 1 aromatic carbocycles. The van der Waals surface area contributed by atoms with Crippen molar-refractivity contribution in [3.8, 4) is 0 Å². The van der Waals surface area contributed by atoms with Crippen LogP contribution in [0.5, 0.6) is 0 Å². The summed E-state index contributed by atoms with van der Waals surface area (Å²) in [5.41, 5.74) is 7.42. The van der Waals surface area contributed by atoms with Gasteiger partial charge in [0.05, 0.1) is 0 Å². The van der Waals surface area contributed by atoms with Crippen molar-refractivity contribution in [1.82, 2.24) is 0 Å². The van der Waals surface area contributed by atoms with Crippen LogP contribution in [-0.2, 0) is 0 Å². The van der Waals surface area contributed by atoms with Crippen LogP contribution < -0.4 is 10.6 Å². The van der Waals surface area contributed by atoms with Crippen LogP contribution in [0.1, 0.15) is 39.3 Å². The second kappa shape index (κ2) is 6.01. The number of hydrogen-bond donors (Lipinski definition) is 1. The van der Waals surface area contributed by atoms with E-state index in [0.29, 0.717) is 11.5 Å². The minimum Gasteiger partial charge on any atom is -0.371 e. The Morgan fingerprint density at radius 2 is 1.94 bits per heavy atom. The summed E-state index contributed by atoms with van der Waals surface area (Å²) in [7, 11) is 0. The molecule has 0 radical (unpaired) electrons. The first-order chi connectivity index (χ1) is 7.97. The Labute approximate surface area is 104 Å². The Hall–Kier alpha value is -1.09. The molecule has 2 N–H and O–H groups in total. The Kier molecular flexibility index (Phi) is 4.94. The fourth-order valence-electron chi connectivity index (χ4n) is 2.09. The van der Waals surface area contributed by atoms with Gasteiger partial charge in [-0.25, -0.2) is 4.39 Å². The van der Waals surface area contributed by atoms with Crippen LogP contribution in [0.3, 0.4) is 0 Å². The molecule has 0 fully saturated rings. The fraction of sp³-hybridized carbons (Fsp3) is 0.571. The number of nitrogens with two attached hydrogens (primary N) is 1. The molecule has 0 saturated carbocycles. The quantitative estimate of drug-likeness (QED) is 0.852. The van der Waals surface area contributed by atoms with Gasteiger partial charge in [-0.2, -0.15) is 0 Å². The van der Waals surface area contributed by atoms with E-state index in [0.717, 1.165) is 18.8 Å². The molecule has 0 saturated heterocycles. The molecule has 17 heavy (non-hydrogen) atoms. The molecule has 0 bridgehead atoms. The molecule has 96 valence electrons. The van der Waals surface area contributed by atoms with E-state index in [9.17, 15) is 4.39 Å². The largest absolute Gasteiger partial charge is 0.371 e. The van der Waals surface area contributed by atoms with Crippen molar-refractivity contribution in [3.63, 3.8) is 0 Å². The maximum atomic E-state index is 13.8. The molecule has 1 atom stereocenters. The number of anilines is 1. The van der Waals surface area contributed by atoms with E-state index in [1.807, 2.05) is 13.0 Å². The standard InChI is InChI=1S/C14H23FN2/c1-5-17(9-10(2)3)13-8-6-7-12(15)14(13)11(4)16/h6-8,10-11H,5,9,16H2,1-4H3. The van der Waals surface area contributed by atoms with Gasteiger partial charge in [0.2, 0.25) is 0 Å². The molecule has 0 aliphatic rings. The topological polar surface area (TPSA) is 29.3 Å². The summed E-state index contributed by atoms with van der Waals surface area (Å²) in [6.07, 6.45) is 0. The SMILES string of the molecule is CCN(CC(C)C)c1cccc(F)c1C(C)N. The van der Waals surface area contributed by atoms with Crippen LogP contribution in [0.15, 0.2) is 18.2 Å². The highest BCUT2D eigenvalue weighted by atomic mass is 19.1. The molecule has 0 aliphatic carbocycles. The van der Waals surface area contributed by atoms with Gasteiger partial charge in [0.15, 0.2) is 0 Å². The van der Waals surface area contributed by atoms with Crippen LogP contribution in [-0.4, -0.2) is 13.1 Å². The molecule has 0 heterocycles. The molecule has 0 spiro atoms. The van der Waals surface area contributed by atoms with Crippen molar-refractivity contribution < 1.29 is 4.39 Å². The first kappa shape index (κ1) is 14.0. The predicted molar refractivity (Wildman–Crippen MR) is 71.7 cm³/mol. The lowest BCUT2D eigenvalue weighted by atomic mass is 10.0. The molecule has 1 unspecified atom stereocenters. The van der Waals surface area contributed by atoms with Crippen LogP contribution >= 0.6 is 0 Å². The zero-order valence-corrected chi connectivity index (χ0v) is 11.2. The average molecular weight is 238 g/mol. The number of benzene rings is 1. The third-order valence-corrected chi connectivity index (χ3v) is 2.79. The third kappa shape index (κ3) is 3.43. The molecule has 2 nitrogen and oxygen atoms in total. The van der Waals surface area contributed by atoms with Gasteiger partial charge in [0, 0.05) is 30.4 Å². The smallest absolute Gasteiger partial charge is 0.130 e. The van der Waals surface area contributed by atoms with Gasteiger partial charge in [-0.3, -0.25) is 0 Å². The van der Waals surface area contributed by atoms with Gasteiger partial charge in [0.25, 0.3) is 0 Å². The number of nitrogens with zero attached hydrogens (tertiary/aromatic N) is 1. The summed E-state index contributed by atoms with van der Waals surface area (Å²) in [4.78, 5) is 2.19. The van der Waals surface area contributed by atoms with E-state index < -0.39 is 0 Å². The Morgan fingerprint density at radius 1 is 1.29 bits per heavy atom. The minimum atomic E-state index is -0.285. The maximum absolute atomic E-state index is 13.8. The van der Waals surface area contributed by atoms with E-state index in [-0.39, 0.29) is 11.9 Å². The monoisotopic (exact) mass is 238 g/mol. The van der Waals surface area contributed by atoms with Crippen molar-refractivity contribution in [2.45, 2.75) is 33.7 Å². The summed E-state index contributed by atoms with van der Waals surface area (Å²) in [5, 5.41) is 0. The van der Waals surface area contributed by atoms with Crippen LogP contribution in [0, 0.1) is 11.7 Å². The molecule has 3 heteroatoms. The van der Waals surface area contributed by atoms with E-state index in [2.05, 4.69) is 25.7 Å². The van der Waals surface area contributed by atoms with Crippen molar-refractivity contribution in [2.24, 2.45) is 11.7 Å². The minimum absolute atomic E-state index is 0.209. The molecule has 1 aromatic rings. The highest BCUT2D eigenvalue weighted by Gasteiger charge is 2.17. The summed E-state index contributed by atoms with van der Waals surface area (Å²) in [5.74, 6) is 0.332. The van der Waals surface area contributed by atoms with Crippen molar-refractivity contribution in [3.05, 3.63) is 29.6 Å². The molecule has 0 aromatic heterocycles. The van der Waals surface area contributed by atoms with Gasteiger partial charge in [-0.15, -0.1) is 0 Å². The number of hydrogen-bond acceptors (Lipinski definition) is 2. The summed E-state index contributed by atoms with van der Waals surface area (Å²) in [6.45, 7) is 10.0. The molecular formula is C14H23FN2. The third-order valence-electron chi connectivity index (χ3n) is 2.79. The lowest BCUT2D eigenvalue weighted by Gasteiger charge is -2.28. The average Bonchev–Trinajstić information content (AvgIpc) is 2.24. The second-order valence-electron chi connectivity index (χ2n) is 4.89. The molecular weight excluding hydrogens is 215 g/mol.